The molecule has 118 valence electrons. The lowest BCUT2D eigenvalue weighted by Gasteiger charge is -2.40. The SMILES string of the molecule is O=C(NO)c1cnc2c(c1)CCN([C@@H]1CCC3(CCC3)C1)C2. The maximum atomic E-state index is 11.5. The van der Waals surface area contributed by atoms with E-state index in [1.165, 1.54) is 38.5 Å². The van der Waals surface area contributed by atoms with Gasteiger partial charge in [0.25, 0.3) is 5.91 Å². The molecule has 2 aliphatic carbocycles. The van der Waals surface area contributed by atoms with Crippen LogP contribution in [0.3, 0.4) is 0 Å². The molecular formula is C17H23N3O2. The predicted molar refractivity (Wildman–Crippen MR) is 81.5 cm³/mol. The molecule has 1 atom stereocenters. The van der Waals surface area contributed by atoms with E-state index >= 15 is 0 Å². The van der Waals surface area contributed by atoms with Gasteiger partial charge in [-0.15, -0.1) is 0 Å². The Kier molecular flexibility index (Phi) is 3.42. The topological polar surface area (TPSA) is 65.5 Å². The Morgan fingerprint density at radius 2 is 2.27 bits per heavy atom. The molecule has 3 aliphatic rings. The minimum absolute atomic E-state index is 0.434. The number of hydrogen-bond donors (Lipinski definition) is 2. The Bertz CT molecular complexity index is 598. The average Bonchev–Trinajstić information content (AvgIpc) is 2.99. The molecule has 2 heterocycles. The van der Waals surface area contributed by atoms with E-state index < -0.39 is 5.91 Å². The summed E-state index contributed by atoms with van der Waals surface area (Å²) in [6.07, 6.45) is 10.9. The highest BCUT2D eigenvalue weighted by Gasteiger charge is 2.45. The van der Waals surface area contributed by atoms with Gasteiger partial charge in [-0.05, 0) is 55.6 Å². The van der Waals surface area contributed by atoms with Crippen molar-refractivity contribution in [2.24, 2.45) is 5.41 Å². The van der Waals surface area contributed by atoms with E-state index in [0.717, 1.165) is 36.8 Å². The fourth-order valence-electron chi connectivity index (χ4n) is 4.55. The summed E-state index contributed by atoms with van der Waals surface area (Å²) in [5.41, 5.74) is 5.03. The zero-order valence-electron chi connectivity index (χ0n) is 12.8. The largest absolute Gasteiger partial charge is 0.294 e. The van der Waals surface area contributed by atoms with Gasteiger partial charge >= 0.3 is 0 Å². The Hall–Kier alpha value is -1.46. The molecule has 0 saturated heterocycles. The Labute approximate surface area is 130 Å². The molecule has 22 heavy (non-hydrogen) atoms. The lowest BCUT2D eigenvalue weighted by molar-refractivity contribution is 0.0705. The number of fused-ring (bicyclic) bond motifs is 1. The van der Waals surface area contributed by atoms with Gasteiger partial charge in [-0.2, -0.15) is 0 Å². The van der Waals surface area contributed by atoms with Gasteiger partial charge in [0, 0.05) is 25.3 Å². The number of nitrogens with zero attached hydrogens (tertiary/aromatic N) is 2. The number of rotatable bonds is 2. The van der Waals surface area contributed by atoms with Crippen LogP contribution in [0.4, 0.5) is 0 Å². The third-order valence-electron chi connectivity index (χ3n) is 6.05. The number of hydrogen-bond acceptors (Lipinski definition) is 4. The molecule has 2 saturated carbocycles. The first-order valence-corrected chi connectivity index (χ1v) is 8.35. The molecular weight excluding hydrogens is 278 g/mol. The van der Waals surface area contributed by atoms with Crippen molar-refractivity contribution in [3.8, 4) is 0 Å². The van der Waals surface area contributed by atoms with Crippen molar-refractivity contribution >= 4 is 5.91 Å². The molecule has 0 radical (unpaired) electrons. The van der Waals surface area contributed by atoms with Crippen molar-refractivity contribution in [2.45, 2.75) is 57.5 Å². The number of amides is 1. The Balaban J connectivity index is 1.47. The molecule has 5 nitrogen and oxygen atoms in total. The molecule has 0 bridgehead atoms. The monoisotopic (exact) mass is 301 g/mol. The first kappa shape index (κ1) is 14.2. The molecule has 1 aliphatic heterocycles. The highest BCUT2D eigenvalue weighted by atomic mass is 16.5. The number of aromatic nitrogens is 1. The summed E-state index contributed by atoms with van der Waals surface area (Å²) in [5, 5.41) is 8.72. The van der Waals surface area contributed by atoms with Crippen LogP contribution in [-0.4, -0.2) is 33.6 Å². The van der Waals surface area contributed by atoms with E-state index in [-0.39, 0.29) is 0 Å². The Morgan fingerprint density at radius 1 is 1.41 bits per heavy atom. The third kappa shape index (κ3) is 2.32. The molecule has 1 spiro atoms. The van der Waals surface area contributed by atoms with Gasteiger partial charge in [0.2, 0.25) is 0 Å². The van der Waals surface area contributed by atoms with Crippen LogP contribution < -0.4 is 5.48 Å². The van der Waals surface area contributed by atoms with E-state index in [1.54, 1.807) is 11.7 Å². The van der Waals surface area contributed by atoms with Crippen LogP contribution in [0.25, 0.3) is 0 Å². The van der Waals surface area contributed by atoms with E-state index in [9.17, 15) is 4.79 Å². The number of carbonyl (C=O) groups excluding carboxylic acids is 1. The molecule has 2 fully saturated rings. The van der Waals surface area contributed by atoms with E-state index in [1.807, 2.05) is 6.07 Å². The van der Waals surface area contributed by atoms with Gasteiger partial charge < -0.3 is 0 Å². The van der Waals surface area contributed by atoms with Gasteiger partial charge in [-0.3, -0.25) is 19.9 Å². The van der Waals surface area contributed by atoms with Crippen molar-refractivity contribution < 1.29 is 10.0 Å². The molecule has 1 aromatic rings. The van der Waals surface area contributed by atoms with E-state index in [0.29, 0.717) is 11.0 Å². The maximum absolute atomic E-state index is 11.5. The molecule has 5 heteroatoms. The summed E-state index contributed by atoms with van der Waals surface area (Å²) in [6.45, 7) is 1.96. The van der Waals surface area contributed by atoms with Gasteiger partial charge in [0.05, 0.1) is 11.3 Å². The van der Waals surface area contributed by atoms with Crippen LogP contribution in [0.2, 0.25) is 0 Å². The van der Waals surface area contributed by atoms with E-state index in [4.69, 9.17) is 5.21 Å². The van der Waals surface area contributed by atoms with Crippen molar-refractivity contribution in [1.82, 2.24) is 15.4 Å². The first-order chi connectivity index (χ1) is 10.7. The second kappa shape index (κ2) is 5.32. The summed E-state index contributed by atoms with van der Waals surface area (Å²) in [4.78, 5) is 18.5. The number of carbonyl (C=O) groups is 1. The fourth-order valence-corrected chi connectivity index (χ4v) is 4.55. The summed E-state index contributed by atoms with van der Waals surface area (Å²) < 4.78 is 0. The highest BCUT2D eigenvalue weighted by molar-refractivity contribution is 5.93. The van der Waals surface area contributed by atoms with Crippen LogP contribution in [0.1, 0.15) is 60.1 Å². The summed E-state index contributed by atoms with van der Waals surface area (Å²) in [7, 11) is 0. The first-order valence-electron chi connectivity index (χ1n) is 8.35. The predicted octanol–water partition coefficient (Wildman–Crippen LogP) is 2.28. The normalized spacial score (nSPS) is 26.5. The van der Waals surface area contributed by atoms with Crippen LogP contribution >= 0.6 is 0 Å². The van der Waals surface area contributed by atoms with Crippen LogP contribution in [0, 0.1) is 5.41 Å². The second-order valence-electron chi connectivity index (χ2n) is 7.24. The van der Waals surface area contributed by atoms with Crippen molar-refractivity contribution in [3.63, 3.8) is 0 Å². The molecule has 0 unspecified atom stereocenters. The zero-order chi connectivity index (χ0) is 15.2. The number of pyridine rings is 1. The minimum Gasteiger partial charge on any atom is -0.294 e. The molecule has 1 aromatic heterocycles. The minimum atomic E-state index is -0.486. The summed E-state index contributed by atoms with van der Waals surface area (Å²) in [6, 6.07) is 2.59. The smallest absolute Gasteiger partial charge is 0.276 e. The summed E-state index contributed by atoms with van der Waals surface area (Å²) >= 11 is 0. The quantitative estimate of drug-likeness (QED) is 0.650. The highest BCUT2D eigenvalue weighted by Crippen LogP contribution is 2.54. The molecule has 0 aromatic carbocycles. The number of hydroxylamine groups is 1. The Morgan fingerprint density at radius 3 is 2.95 bits per heavy atom. The molecule has 4 rings (SSSR count). The van der Waals surface area contributed by atoms with Gasteiger partial charge in [-0.25, -0.2) is 5.48 Å². The second-order valence-corrected chi connectivity index (χ2v) is 7.24. The van der Waals surface area contributed by atoms with Gasteiger partial charge in [-0.1, -0.05) is 6.42 Å². The average molecular weight is 301 g/mol. The standard InChI is InChI=1S/C17H23N3O2/c21-16(19-22)13-8-12-3-7-20(11-15(12)18-10-13)14-2-6-17(9-14)4-1-5-17/h8,10,14,22H,1-7,9,11H2,(H,19,21)/t14-/m1/s1. The summed E-state index contributed by atoms with van der Waals surface area (Å²) in [5.74, 6) is -0.486. The molecule has 2 N–H and O–H groups in total. The number of nitrogens with one attached hydrogen (secondary N) is 1. The lowest BCUT2D eigenvalue weighted by atomic mass is 9.67. The van der Waals surface area contributed by atoms with Crippen LogP contribution in [-0.2, 0) is 13.0 Å². The van der Waals surface area contributed by atoms with Gasteiger partial charge in [0.1, 0.15) is 0 Å². The van der Waals surface area contributed by atoms with Crippen molar-refractivity contribution in [1.29, 1.82) is 0 Å². The van der Waals surface area contributed by atoms with Gasteiger partial charge in [0.15, 0.2) is 0 Å². The maximum Gasteiger partial charge on any atom is 0.276 e. The van der Waals surface area contributed by atoms with Crippen LogP contribution in [0.5, 0.6) is 0 Å². The van der Waals surface area contributed by atoms with Crippen molar-refractivity contribution in [3.05, 3.63) is 29.1 Å². The third-order valence-corrected chi connectivity index (χ3v) is 6.05. The zero-order valence-corrected chi connectivity index (χ0v) is 12.8. The lowest BCUT2D eigenvalue weighted by Crippen LogP contribution is -2.40. The van der Waals surface area contributed by atoms with E-state index in [2.05, 4.69) is 9.88 Å². The van der Waals surface area contributed by atoms with Crippen molar-refractivity contribution in [2.75, 3.05) is 6.54 Å². The molecule has 1 amide bonds. The van der Waals surface area contributed by atoms with Crippen LogP contribution in [0.15, 0.2) is 12.3 Å². The fraction of sp³-hybridized carbons (Fsp3) is 0.647.